The Kier molecular flexibility index (Phi) is 6.46. The summed E-state index contributed by atoms with van der Waals surface area (Å²) in [6.07, 6.45) is 2.89. The average molecular weight is 398 g/mol. The van der Waals surface area contributed by atoms with Crippen LogP contribution in [0.25, 0.3) is 6.08 Å². The molecule has 0 N–H and O–H groups in total. The van der Waals surface area contributed by atoms with Gasteiger partial charge in [0.2, 0.25) is 5.91 Å². The van der Waals surface area contributed by atoms with Crippen molar-refractivity contribution in [3.8, 4) is 11.5 Å². The summed E-state index contributed by atoms with van der Waals surface area (Å²) in [5, 5.41) is 11.2. The highest BCUT2D eigenvalue weighted by Crippen LogP contribution is 2.33. The van der Waals surface area contributed by atoms with Crippen molar-refractivity contribution in [2.45, 2.75) is 13.5 Å². The highest BCUT2D eigenvalue weighted by Gasteiger charge is 2.20. The maximum absolute atomic E-state index is 12.4. The predicted molar refractivity (Wildman–Crippen MR) is 107 cm³/mol. The Labute approximate surface area is 168 Å². The van der Waals surface area contributed by atoms with E-state index in [4.69, 9.17) is 14.2 Å². The largest absolute Gasteiger partial charge is 0.492 e. The Bertz CT molecular complexity index is 941. The molecule has 1 aliphatic rings. The number of hydrogen-bond acceptors (Lipinski definition) is 6. The number of nitro groups is 1. The number of ether oxygens (including phenoxy) is 3. The van der Waals surface area contributed by atoms with Gasteiger partial charge in [-0.25, -0.2) is 0 Å². The summed E-state index contributed by atoms with van der Waals surface area (Å²) in [5.74, 6) is 1.01. The first-order chi connectivity index (χ1) is 13.9. The highest BCUT2D eigenvalue weighted by molar-refractivity contribution is 5.92. The maximum Gasteiger partial charge on any atom is 0.270 e. The number of fused-ring (bicyclic) bond motifs is 1. The van der Waals surface area contributed by atoms with Gasteiger partial charge in [-0.05, 0) is 30.7 Å². The van der Waals surface area contributed by atoms with Crippen LogP contribution in [0.15, 0.2) is 42.5 Å². The second-order valence-electron chi connectivity index (χ2n) is 6.65. The zero-order valence-corrected chi connectivity index (χ0v) is 16.3. The van der Waals surface area contributed by atoms with Gasteiger partial charge in [-0.2, -0.15) is 0 Å². The molecule has 1 amide bonds. The van der Waals surface area contributed by atoms with Gasteiger partial charge in [0, 0.05) is 36.4 Å². The number of nitrogens with zero attached hydrogens (tertiary/aromatic N) is 2. The molecule has 0 aromatic heterocycles. The summed E-state index contributed by atoms with van der Waals surface area (Å²) in [6, 6.07) is 10.5. The molecule has 2 aromatic rings. The van der Waals surface area contributed by atoms with Crippen LogP contribution in [0.3, 0.4) is 0 Å². The standard InChI is InChI=1S/C21H22N2O6/c1-15-4-3-5-19(10-15)28-9-8-22(2)20(24)7-6-16-11-18(23(25)26)12-17-13-27-14-29-21(16)17/h3-7,10-12H,8-9,13-14H2,1-2H3. The average Bonchev–Trinajstić information content (AvgIpc) is 2.71. The second kappa shape index (κ2) is 9.20. The highest BCUT2D eigenvalue weighted by atomic mass is 16.7. The van der Waals surface area contributed by atoms with Gasteiger partial charge in [0.15, 0.2) is 6.79 Å². The maximum atomic E-state index is 12.4. The zero-order chi connectivity index (χ0) is 20.8. The fourth-order valence-corrected chi connectivity index (χ4v) is 2.86. The fraction of sp³-hybridized carbons (Fsp3) is 0.286. The van der Waals surface area contributed by atoms with Crippen molar-refractivity contribution in [3.63, 3.8) is 0 Å². The fourth-order valence-electron chi connectivity index (χ4n) is 2.86. The molecule has 0 radical (unpaired) electrons. The van der Waals surface area contributed by atoms with Gasteiger partial charge < -0.3 is 19.1 Å². The summed E-state index contributed by atoms with van der Waals surface area (Å²) < 4.78 is 16.3. The van der Waals surface area contributed by atoms with Crippen LogP contribution in [0.5, 0.6) is 11.5 Å². The summed E-state index contributed by atoms with van der Waals surface area (Å²) >= 11 is 0. The summed E-state index contributed by atoms with van der Waals surface area (Å²) in [7, 11) is 1.67. The molecule has 8 nitrogen and oxygen atoms in total. The molecule has 0 saturated carbocycles. The first-order valence-electron chi connectivity index (χ1n) is 9.08. The van der Waals surface area contributed by atoms with E-state index in [0.717, 1.165) is 11.3 Å². The topological polar surface area (TPSA) is 91.1 Å². The molecule has 8 heteroatoms. The van der Waals surface area contributed by atoms with Crippen molar-refractivity contribution < 1.29 is 23.9 Å². The van der Waals surface area contributed by atoms with E-state index in [1.54, 1.807) is 7.05 Å². The Morgan fingerprint density at radius 2 is 2.17 bits per heavy atom. The summed E-state index contributed by atoms with van der Waals surface area (Å²) in [6.45, 7) is 3.02. The number of carbonyl (C=O) groups excluding carboxylic acids is 1. The molecule has 3 rings (SSSR count). The van der Waals surface area contributed by atoms with Crippen molar-refractivity contribution in [2.24, 2.45) is 0 Å². The number of rotatable bonds is 7. The van der Waals surface area contributed by atoms with E-state index < -0.39 is 4.92 Å². The van der Waals surface area contributed by atoms with Crippen molar-refractivity contribution >= 4 is 17.7 Å². The van der Waals surface area contributed by atoms with Gasteiger partial charge in [-0.3, -0.25) is 14.9 Å². The van der Waals surface area contributed by atoms with E-state index in [1.807, 2.05) is 31.2 Å². The Morgan fingerprint density at radius 3 is 2.93 bits per heavy atom. The number of benzene rings is 2. The third-order valence-electron chi connectivity index (χ3n) is 4.40. The predicted octanol–water partition coefficient (Wildman–Crippen LogP) is 3.32. The Balaban J connectivity index is 1.63. The van der Waals surface area contributed by atoms with Crippen molar-refractivity contribution in [3.05, 3.63) is 69.3 Å². The molecule has 0 unspecified atom stereocenters. The molecule has 1 heterocycles. The third-order valence-corrected chi connectivity index (χ3v) is 4.40. The van der Waals surface area contributed by atoms with Crippen LogP contribution < -0.4 is 9.47 Å². The van der Waals surface area contributed by atoms with Crippen LogP contribution in [0.4, 0.5) is 5.69 Å². The van der Waals surface area contributed by atoms with Crippen molar-refractivity contribution in [1.29, 1.82) is 0 Å². The van der Waals surface area contributed by atoms with E-state index in [2.05, 4.69) is 0 Å². The van der Waals surface area contributed by atoms with E-state index in [9.17, 15) is 14.9 Å². The number of nitro benzene ring substituents is 1. The lowest BCUT2D eigenvalue weighted by Crippen LogP contribution is -2.29. The van der Waals surface area contributed by atoms with Gasteiger partial charge in [0.1, 0.15) is 18.1 Å². The molecule has 1 aliphatic heterocycles. The molecule has 2 aromatic carbocycles. The Hall–Kier alpha value is -3.39. The quantitative estimate of drug-likeness (QED) is 0.404. The SMILES string of the molecule is Cc1cccc(OCCN(C)C(=O)C=Cc2cc([N+](=O)[O-])cc3c2OCOC3)c1. The van der Waals surface area contributed by atoms with Crippen LogP contribution in [-0.2, 0) is 16.1 Å². The molecule has 0 saturated heterocycles. The van der Waals surface area contributed by atoms with Gasteiger partial charge in [0.05, 0.1) is 18.1 Å². The van der Waals surface area contributed by atoms with Gasteiger partial charge >= 0.3 is 0 Å². The molecule has 0 bridgehead atoms. The first kappa shape index (κ1) is 20.3. The molecule has 0 spiro atoms. The van der Waals surface area contributed by atoms with Gasteiger partial charge in [0.25, 0.3) is 5.69 Å². The number of non-ortho nitro benzene ring substituents is 1. The van der Waals surface area contributed by atoms with Crippen LogP contribution in [0.1, 0.15) is 16.7 Å². The minimum Gasteiger partial charge on any atom is -0.492 e. The summed E-state index contributed by atoms with van der Waals surface area (Å²) in [5.41, 5.74) is 2.07. The van der Waals surface area contributed by atoms with E-state index in [1.165, 1.54) is 29.2 Å². The monoisotopic (exact) mass is 398 g/mol. The smallest absolute Gasteiger partial charge is 0.270 e. The lowest BCUT2D eigenvalue weighted by molar-refractivity contribution is -0.385. The third kappa shape index (κ3) is 5.32. The van der Waals surface area contributed by atoms with E-state index in [0.29, 0.717) is 30.0 Å². The lowest BCUT2D eigenvalue weighted by Gasteiger charge is -2.19. The minimum absolute atomic E-state index is 0.0653. The first-order valence-corrected chi connectivity index (χ1v) is 9.08. The van der Waals surface area contributed by atoms with Gasteiger partial charge in [-0.1, -0.05) is 12.1 Å². The molecular formula is C21H22N2O6. The number of likely N-dealkylation sites (N-methyl/N-ethyl adjacent to an activating group) is 1. The molecule has 29 heavy (non-hydrogen) atoms. The van der Waals surface area contributed by atoms with Crippen LogP contribution >= 0.6 is 0 Å². The number of hydrogen-bond donors (Lipinski definition) is 0. The number of aryl methyl sites for hydroxylation is 1. The molecule has 0 aliphatic carbocycles. The van der Waals surface area contributed by atoms with Gasteiger partial charge in [-0.15, -0.1) is 0 Å². The molecule has 0 fully saturated rings. The lowest BCUT2D eigenvalue weighted by atomic mass is 10.1. The molecule has 152 valence electrons. The number of carbonyl (C=O) groups is 1. The van der Waals surface area contributed by atoms with Crippen LogP contribution in [0, 0.1) is 17.0 Å². The van der Waals surface area contributed by atoms with Crippen LogP contribution in [-0.4, -0.2) is 42.7 Å². The van der Waals surface area contributed by atoms with E-state index >= 15 is 0 Å². The van der Waals surface area contributed by atoms with Crippen molar-refractivity contribution in [1.82, 2.24) is 4.90 Å². The number of amides is 1. The van der Waals surface area contributed by atoms with Crippen LogP contribution in [0.2, 0.25) is 0 Å². The summed E-state index contributed by atoms with van der Waals surface area (Å²) in [4.78, 5) is 24.6. The molecular weight excluding hydrogens is 376 g/mol. The van der Waals surface area contributed by atoms with E-state index in [-0.39, 0.29) is 25.0 Å². The Morgan fingerprint density at radius 1 is 1.34 bits per heavy atom. The normalized spacial score (nSPS) is 12.9. The minimum atomic E-state index is -0.483. The second-order valence-corrected chi connectivity index (χ2v) is 6.65. The molecule has 0 atom stereocenters. The zero-order valence-electron chi connectivity index (χ0n) is 16.3. The van der Waals surface area contributed by atoms with Crippen molar-refractivity contribution in [2.75, 3.05) is 27.0 Å².